The summed E-state index contributed by atoms with van der Waals surface area (Å²) in [6, 6.07) is 3.98. The number of fused-ring (bicyclic) bond motifs is 1. The van der Waals surface area contributed by atoms with Gasteiger partial charge in [-0.15, -0.1) is 0 Å². The molecule has 2 aromatic rings. The van der Waals surface area contributed by atoms with Crippen LogP contribution in [-0.4, -0.2) is 43.1 Å². The molecule has 152 valence electrons. The molecular weight excluding hydrogens is 396 g/mol. The number of methoxy groups -OCH3 is 2. The van der Waals surface area contributed by atoms with Crippen LogP contribution in [-0.2, 0) is 23.8 Å². The third-order valence-electron chi connectivity index (χ3n) is 3.94. The Balaban J connectivity index is 2.84. The minimum absolute atomic E-state index is 0.0925. The molecule has 0 radical (unpaired) electrons. The minimum atomic E-state index is -0.803. The van der Waals surface area contributed by atoms with E-state index in [4.69, 9.17) is 9.47 Å². The number of ether oxygens (including phenoxy) is 3. The molecule has 0 bridgehead atoms. The van der Waals surface area contributed by atoms with Crippen LogP contribution in [0.15, 0.2) is 28.1 Å². The SMILES string of the molecule is CCOC(=O)c1c(S/C(=C/C(=O)OC)C(=O)OC)c(C#N)c2c(C)cc(C)cn12. The molecule has 0 atom stereocenters. The summed E-state index contributed by atoms with van der Waals surface area (Å²) in [4.78, 5) is 36.7. The Kier molecular flexibility index (Phi) is 7.07. The molecule has 0 aromatic carbocycles. The van der Waals surface area contributed by atoms with Crippen molar-refractivity contribution in [1.82, 2.24) is 4.40 Å². The number of aryl methyl sites for hydroxylation is 2. The third kappa shape index (κ3) is 4.43. The second kappa shape index (κ2) is 9.30. The molecular formula is C20H20N2O6S. The average Bonchev–Trinajstić information content (AvgIpc) is 2.99. The Labute approximate surface area is 172 Å². The number of nitrogens with zero attached hydrogens (tertiary/aromatic N) is 2. The van der Waals surface area contributed by atoms with Gasteiger partial charge in [0, 0.05) is 12.3 Å². The molecule has 0 aliphatic heterocycles. The highest BCUT2D eigenvalue weighted by atomic mass is 32.2. The maximum absolute atomic E-state index is 12.7. The molecule has 0 N–H and O–H groups in total. The fraction of sp³-hybridized carbons (Fsp3) is 0.300. The third-order valence-corrected chi connectivity index (χ3v) is 5.05. The summed E-state index contributed by atoms with van der Waals surface area (Å²) in [6.45, 7) is 5.47. The molecule has 0 aliphatic rings. The molecule has 0 saturated carbocycles. The van der Waals surface area contributed by atoms with E-state index in [-0.39, 0.29) is 27.7 Å². The second-order valence-electron chi connectivity index (χ2n) is 5.93. The van der Waals surface area contributed by atoms with E-state index in [1.807, 2.05) is 19.9 Å². The lowest BCUT2D eigenvalue weighted by molar-refractivity contribution is -0.137. The van der Waals surface area contributed by atoms with Crippen molar-refractivity contribution in [3.05, 3.63) is 45.6 Å². The first-order valence-electron chi connectivity index (χ1n) is 8.57. The summed E-state index contributed by atoms with van der Waals surface area (Å²) in [6.07, 6.45) is 2.66. The van der Waals surface area contributed by atoms with Crippen molar-refractivity contribution in [2.75, 3.05) is 20.8 Å². The van der Waals surface area contributed by atoms with Gasteiger partial charge in [-0.2, -0.15) is 5.26 Å². The number of carbonyl (C=O) groups is 3. The van der Waals surface area contributed by atoms with Gasteiger partial charge in [-0.05, 0) is 31.9 Å². The number of esters is 3. The zero-order chi connectivity index (χ0) is 21.7. The van der Waals surface area contributed by atoms with Crippen LogP contribution in [0.2, 0.25) is 0 Å². The van der Waals surface area contributed by atoms with E-state index < -0.39 is 17.9 Å². The van der Waals surface area contributed by atoms with Crippen LogP contribution in [0.1, 0.15) is 34.1 Å². The van der Waals surface area contributed by atoms with E-state index in [9.17, 15) is 19.6 Å². The Morgan fingerprint density at radius 2 is 1.93 bits per heavy atom. The van der Waals surface area contributed by atoms with Gasteiger partial charge < -0.3 is 18.6 Å². The van der Waals surface area contributed by atoms with Crippen molar-refractivity contribution in [2.45, 2.75) is 25.7 Å². The predicted octanol–water partition coefficient (Wildman–Crippen LogP) is 2.93. The Morgan fingerprint density at radius 1 is 1.24 bits per heavy atom. The van der Waals surface area contributed by atoms with Crippen molar-refractivity contribution in [3.63, 3.8) is 0 Å². The Bertz CT molecular complexity index is 1060. The molecule has 0 amide bonds. The van der Waals surface area contributed by atoms with Crippen LogP contribution in [0.25, 0.3) is 5.52 Å². The topological polar surface area (TPSA) is 107 Å². The lowest BCUT2D eigenvalue weighted by atomic mass is 10.1. The molecule has 0 spiro atoms. The predicted molar refractivity (Wildman–Crippen MR) is 106 cm³/mol. The van der Waals surface area contributed by atoms with E-state index in [1.165, 1.54) is 7.11 Å². The summed E-state index contributed by atoms with van der Waals surface area (Å²) >= 11 is 0.779. The monoisotopic (exact) mass is 416 g/mol. The van der Waals surface area contributed by atoms with E-state index in [1.54, 1.807) is 17.5 Å². The van der Waals surface area contributed by atoms with E-state index >= 15 is 0 Å². The smallest absolute Gasteiger partial charge is 0.356 e. The van der Waals surface area contributed by atoms with Gasteiger partial charge in [0.1, 0.15) is 16.7 Å². The van der Waals surface area contributed by atoms with Crippen LogP contribution in [0.4, 0.5) is 0 Å². The molecule has 0 aliphatic carbocycles. The number of hydrogen-bond acceptors (Lipinski definition) is 8. The van der Waals surface area contributed by atoms with Crippen molar-refractivity contribution in [3.8, 4) is 6.07 Å². The van der Waals surface area contributed by atoms with Crippen LogP contribution in [0.3, 0.4) is 0 Å². The first-order chi connectivity index (χ1) is 13.8. The number of pyridine rings is 1. The molecule has 2 heterocycles. The van der Waals surface area contributed by atoms with Gasteiger partial charge in [0.25, 0.3) is 0 Å². The summed E-state index contributed by atoms with van der Waals surface area (Å²) in [5.41, 5.74) is 2.45. The number of nitriles is 1. The minimum Gasteiger partial charge on any atom is -0.466 e. The van der Waals surface area contributed by atoms with Crippen LogP contribution in [0, 0.1) is 25.2 Å². The van der Waals surface area contributed by atoms with Crippen molar-refractivity contribution in [2.24, 2.45) is 0 Å². The Hall–Kier alpha value is -3.25. The molecule has 0 unspecified atom stereocenters. The first kappa shape index (κ1) is 22.0. The summed E-state index contributed by atoms with van der Waals surface area (Å²) < 4.78 is 16.1. The summed E-state index contributed by atoms with van der Waals surface area (Å²) in [7, 11) is 2.33. The number of carbonyl (C=O) groups excluding carboxylic acids is 3. The zero-order valence-electron chi connectivity index (χ0n) is 16.7. The number of thioether (sulfide) groups is 1. The van der Waals surface area contributed by atoms with Gasteiger partial charge in [-0.1, -0.05) is 17.8 Å². The quantitative estimate of drug-likeness (QED) is 0.306. The number of hydrogen-bond donors (Lipinski definition) is 0. The highest BCUT2D eigenvalue weighted by Crippen LogP contribution is 2.38. The van der Waals surface area contributed by atoms with Crippen molar-refractivity contribution >= 4 is 35.2 Å². The molecule has 2 aromatic heterocycles. The molecule has 2 rings (SSSR count). The van der Waals surface area contributed by atoms with E-state index in [2.05, 4.69) is 10.8 Å². The van der Waals surface area contributed by atoms with Gasteiger partial charge in [-0.25, -0.2) is 14.4 Å². The van der Waals surface area contributed by atoms with Gasteiger partial charge in [-0.3, -0.25) is 0 Å². The molecule has 0 fully saturated rings. The van der Waals surface area contributed by atoms with E-state index in [0.717, 1.165) is 36.1 Å². The summed E-state index contributed by atoms with van der Waals surface area (Å²) in [5, 5.41) is 9.82. The first-order valence-corrected chi connectivity index (χ1v) is 9.38. The van der Waals surface area contributed by atoms with E-state index in [0.29, 0.717) is 5.52 Å². The number of rotatable bonds is 6. The van der Waals surface area contributed by atoms with Crippen LogP contribution in [0.5, 0.6) is 0 Å². The summed E-state index contributed by atoms with van der Waals surface area (Å²) in [5.74, 6) is -2.23. The fourth-order valence-electron chi connectivity index (χ4n) is 2.83. The molecule has 29 heavy (non-hydrogen) atoms. The van der Waals surface area contributed by atoms with Crippen molar-refractivity contribution in [1.29, 1.82) is 5.26 Å². The highest BCUT2D eigenvalue weighted by Gasteiger charge is 2.29. The molecule has 0 saturated heterocycles. The second-order valence-corrected chi connectivity index (χ2v) is 6.98. The average molecular weight is 416 g/mol. The van der Waals surface area contributed by atoms with Gasteiger partial charge in [0.15, 0.2) is 0 Å². The fourth-order valence-corrected chi connectivity index (χ4v) is 3.90. The van der Waals surface area contributed by atoms with Gasteiger partial charge in [0.05, 0.1) is 36.8 Å². The molecule has 8 nitrogen and oxygen atoms in total. The maximum atomic E-state index is 12.7. The highest BCUT2D eigenvalue weighted by molar-refractivity contribution is 8.04. The lowest BCUT2D eigenvalue weighted by Gasteiger charge is -2.08. The normalized spacial score (nSPS) is 11.1. The Morgan fingerprint density at radius 3 is 2.48 bits per heavy atom. The maximum Gasteiger partial charge on any atom is 0.356 e. The van der Waals surface area contributed by atoms with Gasteiger partial charge >= 0.3 is 17.9 Å². The lowest BCUT2D eigenvalue weighted by Crippen LogP contribution is -2.11. The number of aromatic nitrogens is 1. The van der Waals surface area contributed by atoms with Crippen LogP contribution < -0.4 is 0 Å². The van der Waals surface area contributed by atoms with Crippen LogP contribution >= 0.6 is 11.8 Å². The van der Waals surface area contributed by atoms with Gasteiger partial charge in [0.2, 0.25) is 0 Å². The molecule has 9 heteroatoms. The largest absolute Gasteiger partial charge is 0.466 e. The zero-order valence-corrected chi connectivity index (χ0v) is 17.5. The van der Waals surface area contributed by atoms with Crippen molar-refractivity contribution < 1.29 is 28.6 Å². The standard InChI is InChI=1S/C20H20N2O6S/c1-6-28-20(25)17-18(29-14(19(24)27-5)8-15(23)26-4)13(9-21)16-12(3)7-11(2)10-22(16)17/h7-8,10H,6H2,1-5H3/b14-8+.